The Morgan fingerprint density at radius 1 is 1.32 bits per heavy atom. The summed E-state index contributed by atoms with van der Waals surface area (Å²) in [5, 5.41) is 3.49. The fraction of sp³-hybridized carbons (Fsp3) is 0.692. The molecule has 1 aliphatic heterocycles. The molecule has 0 bridgehead atoms. The first-order chi connectivity index (χ1) is 9.30. The molecule has 0 spiro atoms. The fourth-order valence-electron chi connectivity index (χ4n) is 2.65. The van der Waals surface area contributed by atoms with Gasteiger partial charge in [-0.15, -0.1) is 0 Å². The van der Waals surface area contributed by atoms with E-state index < -0.39 is 0 Å². The molecule has 0 amide bonds. The molecule has 3 rings (SSSR count). The third kappa shape index (κ3) is 2.79. The monoisotopic (exact) mass is 263 g/mol. The van der Waals surface area contributed by atoms with Gasteiger partial charge in [0.05, 0.1) is 12.1 Å². The minimum Gasteiger partial charge on any atom is -0.376 e. The number of rotatable bonds is 5. The van der Waals surface area contributed by atoms with Gasteiger partial charge in [0.15, 0.2) is 0 Å². The summed E-state index contributed by atoms with van der Waals surface area (Å²) in [4.78, 5) is 8.80. The van der Waals surface area contributed by atoms with Crippen molar-refractivity contribution >= 4 is 11.6 Å². The Morgan fingerprint density at radius 3 is 2.79 bits per heavy atom. The van der Waals surface area contributed by atoms with Crippen LogP contribution < -0.4 is 16.6 Å². The largest absolute Gasteiger partial charge is 0.376 e. The average molecular weight is 263 g/mol. The fourth-order valence-corrected chi connectivity index (χ4v) is 2.65. The maximum atomic E-state index is 5.83. The number of aryl methyl sites for hydroxylation is 1. The number of hydrazine groups is 1. The van der Waals surface area contributed by atoms with Gasteiger partial charge in [0.2, 0.25) is 0 Å². The van der Waals surface area contributed by atoms with Gasteiger partial charge in [0.25, 0.3) is 0 Å². The molecule has 6 heteroatoms. The Kier molecular flexibility index (Phi) is 3.52. The van der Waals surface area contributed by atoms with E-state index in [1.54, 1.807) is 0 Å². The van der Waals surface area contributed by atoms with Gasteiger partial charge in [0, 0.05) is 19.1 Å². The molecule has 0 radical (unpaired) electrons. The van der Waals surface area contributed by atoms with Crippen molar-refractivity contribution in [3.63, 3.8) is 0 Å². The number of nitrogen functional groups attached to an aromatic ring is 1. The van der Waals surface area contributed by atoms with E-state index in [-0.39, 0.29) is 0 Å². The lowest BCUT2D eigenvalue weighted by atomic mass is 10.1. The van der Waals surface area contributed by atoms with Crippen LogP contribution in [0.3, 0.4) is 0 Å². The molecule has 1 saturated carbocycles. The topological polar surface area (TPSA) is 85.1 Å². The van der Waals surface area contributed by atoms with E-state index in [2.05, 4.69) is 20.7 Å². The zero-order valence-corrected chi connectivity index (χ0v) is 11.2. The average Bonchev–Trinajstić information content (AvgIpc) is 3.19. The first kappa shape index (κ1) is 12.6. The molecular formula is C13H21N5O. The molecule has 1 aliphatic carbocycles. The SMILES string of the molecule is CCc1nc(NN)cc(NC2CCOC2C2CC2)n1. The Bertz CT molecular complexity index is 426. The van der Waals surface area contributed by atoms with Gasteiger partial charge in [-0.2, -0.15) is 0 Å². The van der Waals surface area contributed by atoms with Crippen LogP contribution in [0.4, 0.5) is 11.6 Å². The highest BCUT2D eigenvalue weighted by Crippen LogP contribution is 2.39. The summed E-state index contributed by atoms with van der Waals surface area (Å²) in [7, 11) is 0. The molecule has 104 valence electrons. The number of nitrogens with zero attached hydrogens (tertiary/aromatic N) is 2. The molecule has 0 aromatic carbocycles. The van der Waals surface area contributed by atoms with Crippen LogP contribution in [0.15, 0.2) is 6.07 Å². The second-order valence-electron chi connectivity index (χ2n) is 5.26. The van der Waals surface area contributed by atoms with Crippen molar-refractivity contribution < 1.29 is 4.74 Å². The highest BCUT2D eigenvalue weighted by Gasteiger charge is 2.40. The Labute approximate surface area is 113 Å². The van der Waals surface area contributed by atoms with Crippen molar-refractivity contribution in [2.45, 2.75) is 44.8 Å². The van der Waals surface area contributed by atoms with Gasteiger partial charge >= 0.3 is 0 Å². The standard InChI is InChI=1S/C13H21N5O/c1-2-10-16-11(7-12(17-10)18-14)15-9-5-6-19-13(9)8-3-4-8/h7-9,13H,2-6,14H2,1H3,(H2,15,16,17,18). The van der Waals surface area contributed by atoms with Gasteiger partial charge in [-0.25, -0.2) is 15.8 Å². The number of nitrogens with two attached hydrogens (primary N) is 1. The van der Waals surface area contributed by atoms with Crippen LogP contribution >= 0.6 is 0 Å². The molecule has 2 fully saturated rings. The molecule has 2 heterocycles. The predicted molar refractivity (Wildman–Crippen MR) is 73.7 cm³/mol. The molecule has 2 atom stereocenters. The third-order valence-corrected chi connectivity index (χ3v) is 3.79. The predicted octanol–water partition coefficient (Wildman–Crippen LogP) is 1.30. The van der Waals surface area contributed by atoms with E-state index in [4.69, 9.17) is 10.6 Å². The van der Waals surface area contributed by atoms with Crippen LogP contribution in [-0.4, -0.2) is 28.7 Å². The third-order valence-electron chi connectivity index (χ3n) is 3.79. The molecule has 2 aliphatic rings. The molecule has 1 aromatic rings. The maximum Gasteiger partial charge on any atom is 0.145 e. The van der Waals surface area contributed by atoms with Gasteiger partial charge in [-0.05, 0) is 25.2 Å². The molecular weight excluding hydrogens is 242 g/mol. The van der Waals surface area contributed by atoms with Crippen LogP contribution in [-0.2, 0) is 11.2 Å². The minimum atomic E-state index is 0.342. The lowest BCUT2D eigenvalue weighted by Gasteiger charge is -2.20. The lowest BCUT2D eigenvalue weighted by Crippen LogP contribution is -2.31. The van der Waals surface area contributed by atoms with E-state index >= 15 is 0 Å². The van der Waals surface area contributed by atoms with E-state index in [0.29, 0.717) is 18.0 Å². The van der Waals surface area contributed by atoms with Gasteiger partial charge in [-0.3, -0.25) is 0 Å². The van der Waals surface area contributed by atoms with Crippen LogP contribution in [0.5, 0.6) is 0 Å². The van der Waals surface area contributed by atoms with Crippen molar-refractivity contribution in [3.8, 4) is 0 Å². The molecule has 19 heavy (non-hydrogen) atoms. The Balaban J connectivity index is 1.74. The number of nitrogens with one attached hydrogen (secondary N) is 2. The van der Waals surface area contributed by atoms with Crippen molar-refractivity contribution in [2.24, 2.45) is 11.8 Å². The van der Waals surface area contributed by atoms with E-state index in [1.165, 1.54) is 12.8 Å². The molecule has 1 aromatic heterocycles. The number of hydrogen-bond acceptors (Lipinski definition) is 6. The van der Waals surface area contributed by atoms with Gasteiger partial charge < -0.3 is 15.5 Å². The van der Waals surface area contributed by atoms with Crippen molar-refractivity contribution in [1.29, 1.82) is 0 Å². The van der Waals surface area contributed by atoms with Crippen LogP contribution in [0.1, 0.15) is 32.0 Å². The molecule has 2 unspecified atom stereocenters. The smallest absolute Gasteiger partial charge is 0.145 e. The van der Waals surface area contributed by atoms with Gasteiger partial charge in [0.1, 0.15) is 17.5 Å². The lowest BCUT2D eigenvalue weighted by molar-refractivity contribution is 0.0898. The van der Waals surface area contributed by atoms with Crippen molar-refractivity contribution in [1.82, 2.24) is 9.97 Å². The highest BCUT2D eigenvalue weighted by atomic mass is 16.5. The number of anilines is 2. The molecule has 4 N–H and O–H groups in total. The number of aromatic nitrogens is 2. The first-order valence-corrected chi connectivity index (χ1v) is 7.03. The summed E-state index contributed by atoms with van der Waals surface area (Å²) >= 11 is 0. The summed E-state index contributed by atoms with van der Waals surface area (Å²) in [5.41, 5.74) is 2.59. The van der Waals surface area contributed by atoms with Crippen molar-refractivity contribution in [3.05, 3.63) is 11.9 Å². The highest BCUT2D eigenvalue weighted by molar-refractivity contribution is 5.47. The normalized spacial score (nSPS) is 26.4. The number of hydrogen-bond donors (Lipinski definition) is 3. The van der Waals surface area contributed by atoms with Gasteiger partial charge in [-0.1, -0.05) is 6.92 Å². The Morgan fingerprint density at radius 2 is 2.11 bits per heavy atom. The van der Waals surface area contributed by atoms with Crippen LogP contribution in [0.2, 0.25) is 0 Å². The minimum absolute atomic E-state index is 0.342. The summed E-state index contributed by atoms with van der Waals surface area (Å²) in [5.74, 6) is 8.45. The zero-order valence-electron chi connectivity index (χ0n) is 11.2. The Hall–Kier alpha value is -1.40. The van der Waals surface area contributed by atoms with Crippen LogP contribution in [0, 0.1) is 5.92 Å². The zero-order chi connectivity index (χ0) is 13.2. The van der Waals surface area contributed by atoms with E-state index in [1.807, 2.05) is 13.0 Å². The molecule has 1 saturated heterocycles. The number of ether oxygens (including phenoxy) is 1. The molecule has 6 nitrogen and oxygen atoms in total. The summed E-state index contributed by atoms with van der Waals surface area (Å²) in [6, 6.07) is 2.21. The van der Waals surface area contributed by atoms with Crippen LogP contribution in [0.25, 0.3) is 0 Å². The van der Waals surface area contributed by atoms with E-state index in [9.17, 15) is 0 Å². The summed E-state index contributed by atoms with van der Waals surface area (Å²) in [6.07, 6.45) is 4.76. The van der Waals surface area contributed by atoms with Crippen molar-refractivity contribution in [2.75, 3.05) is 17.3 Å². The maximum absolute atomic E-state index is 5.83. The quantitative estimate of drug-likeness (QED) is 0.548. The summed E-state index contributed by atoms with van der Waals surface area (Å²) in [6.45, 7) is 2.87. The summed E-state index contributed by atoms with van der Waals surface area (Å²) < 4.78 is 5.83. The van der Waals surface area contributed by atoms with E-state index in [0.717, 1.165) is 37.0 Å². The second-order valence-corrected chi connectivity index (χ2v) is 5.26. The first-order valence-electron chi connectivity index (χ1n) is 7.03. The second kappa shape index (κ2) is 5.30.